The zero-order valence-electron chi connectivity index (χ0n) is 19.2. The van der Waals surface area contributed by atoms with Crippen LogP contribution in [-0.4, -0.2) is 42.4 Å². The molecule has 0 aliphatic heterocycles. The Kier molecular flexibility index (Phi) is 8.22. The summed E-state index contributed by atoms with van der Waals surface area (Å²) in [5.41, 5.74) is 4.26. The molecule has 1 unspecified atom stereocenters. The molecule has 3 aromatic carbocycles. The van der Waals surface area contributed by atoms with Crippen LogP contribution in [-0.2, 0) is 11.4 Å². The normalized spacial score (nSPS) is 11.8. The van der Waals surface area contributed by atoms with Gasteiger partial charge in [0.05, 0.1) is 12.1 Å². The molecule has 0 bridgehead atoms. The van der Waals surface area contributed by atoms with Crippen molar-refractivity contribution in [2.75, 3.05) is 20.7 Å². The molecule has 1 atom stereocenters. The van der Waals surface area contributed by atoms with Crippen LogP contribution in [0.15, 0.2) is 72.8 Å². The molecule has 0 heterocycles. The van der Waals surface area contributed by atoms with E-state index in [0.717, 1.165) is 28.0 Å². The molecule has 6 heteroatoms. The fourth-order valence-electron chi connectivity index (χ4n) is 3.57. The van der Waals surface area contributed by atoms with E-state index < -0.39 is 5.97 Å². The van der Waals surface area contributed by atoms with Crippen molar-refractivity contribution in [3.05, 3.63) is 95.1 Å². The van der Waals surface area contributed by atoms with Crippen molar-refractivity contribution >= 4 is 11.7 Å². The summed E-state index contributed by atoms with van der Waals surface area (Å²) in [5.74, 6) is 0.617. The highest BCUT2D eigenvalue weighted by atomic mass is 16.5. The van der Waals surface area contributed by atoms with Gasteiger partial charge in [0.25, 0.3) is 0 Å². The number of aliphatic carboxylic acids is 1. The summed E-state index contributed by atoms with van der Waals surface area (Å²) in [5, 5.41) is 17.3. The van der Waals surface area contributed by atoms with Crippen LogP contribution < -0.4 is 9.47 Å². The number of rotatable bonds is 11. The van der Waals surface area contributed by atoms with Gasteiger partial charge in [-0.1, -0.05) is 48.5 Å². The molecule has 0 aromatic heterocycles. The van der Waals surface area contributed by atoms with Crippen LogP contribution in [0.3, 0.4) is 0 Å². The summed E-state index contributed by atoms with van der Waals surface area (Å²) >= 11 is 0. The van der Waals surface area contributed by atoms with Crippen molar-refractivity contribution in [3.8, 4) is 11.5 Å². The standard InChI is InChI=1S/C27H30N2O4/c1-19-15-23(13-14-24(19)26(29(2)3)16-27(30)31)32-17-20-9-11-22(12-10-20)33-18-25(28)21-7-5-4-6-8-21/h4-15,26,28H,16-18H2,1-3H3,(H,30,31). The van der Waals surface area contributed by atoms with Gasteiger partial charge in [-0.15, -0.1) is 0 Å². The van der Waals surface area contributed by atoms with Gasteiger partial charge in [-0.2, -0.15) is 0 Å². The first kappa shape index (κ1) is 24.0. The minimum absolute atomic E-state index is 0.0489. The Labute approximate surface area is 194 Å². The molecule has 6 nitrogen and oxygen atoms in total. The number of nitrogens with one attached hydrogen (secondary N) is 1. The molecule has 0 amide bonds. The Morgan fingerprint density at radius 2 is 1.64 bits per heavy atom. The van der Waals surface area contributed by atoms with Crippen LogP contribution in [0, 0.1) is 12.3 Å². The Morgan fingerprint density at radius 3 is 2.24 bits per heavy atom. The highest BCUT2D eigenvalue weighted by Crippen LogP contribution is 2.28. The number of ether oxygens (including phenoxy) is 2. The third-order valence-corrected chi connectivity index (χ3v) is 5.43. The molecule has 3 rings (SSSR count). The number of hydrogen-bond acceptors (Lipinski definition) is 5. The van der Waals surface area contributed by atoms with E-state index in [0.29, 0.717) is 18.1 Å². The van der Waals surface area contributed by atoms with Gasteiger partial charge in [-0.05, 0) is 67.5 Å². The lowest BCUT2D eigenvalue weighted by Gasteiger charge is -2.25. The average Bonchev–Trinajstić information content (AvgIpc) is 2.81. The van der Waals surface area contributed by atoms with E-state index in [2.05, 4.69) is 0 Å². The monoisotopic (exact) mass is 446 g/mol. The van der Waals surface area contributed by atoms with Gasteiger partial charge in [0.1, 0.15) is 24.7 Å². The summed E-state index contributed by atoms with van der Waals surface area (Å²) in [6.45, 7) is 2.59. The molecule has 3 aromatic rings. The maximum absolute atomic E-state index is 11.2. The Bertz CT molecular complexity index is 1080. The van der Waals surface area contributed by atoms with Crippen LogP contribution in [0.1, 0.15) is 34.7 Å². The van der Waals surface area contributed by atoms with Crippen molar-refractivity contribution in [2.45, 2.75) is 26.0 Å². The third kappa shape index (κ3) is 6.92. The first-order valence-electron chi connectivity index (χ1n) is 10.8. The molecule has 2 N–H and O–H groups in total. The van der Waals surface area contributed by atoms with Gasteiger partial charge < -0.3 is 24.9 Å². The van der Waals surface area contributed by atoms with Gasteiger partial charge in [-0.25, -0.2) is 0 Å². The van der Waals surface area contributed by atoms with E-state index in [-0.39, 0.29) is 19.1 Å². The average molecular weight is 447 g/mol. The van der Waals surface area contributed by atoms with Crippen LogP contribution in [0.5, 0.6) is 11.5 Å². The highest BCUT2D eigenvalue weighted by Gasteiger charge is 2.20. The molecule has 0 aliphatic rings. The van der Waals surface area contributed by atoms with Gasteiger partial charge in [0.2, 0.25) is 0 Å². The second kappa shape index (κ2) is 11.3. The number of carboxylic acids is 1. The van der Waals surface area contributed by atoms with Crippen molar-refractivity contribution in [3.63, 3.8) is 0 Å². The van der Waals surface area contributed by atoms with Crippen LogP contribution in [0.25, 0.3) is 0 Å². The lowest BCUT2D eigenvalue weighted by molar-refractivity contribution is -0.138. The lowest BCUT2D eigenvalue weighted by Crippen LogP contribution is -2.23. The van der Waals surface area contributed by atoms with Crippen LogP contribution in [0.4, 0.5) is 0 Å². The number of hydrogen-bond donors (Lipinski definition) is 2. The van der Waals surface area contributed by atoms with Gasteiger partial charge in [0, 0.05) is 6.04 Å². The summed E-state index contributed by atoms with van der Waals surface area (Å²) in [6.07, 6.45) is 0.0489. The first-order valence-corrected chi connectivity index (χ1v) is 10.8. The first-order chi connectivity index (χ1) is 15.8. The zero-order chi connectivity index (χ0) is 23.8. The van der Waals surface area contributed by atoms with Gasteiger partial charge in [-0.3, -0.25) is 4.79 Å². The minimum Gasteiger partial charge on any atom is -0.489 e. The predicted octanol–water partition coefficient (Wildman–Crippen LogP) is 5.10. The van der Waals surface area contributed by atoms with Crippen molar-refractivity contribution in [2.24, 2.45) is 0 Å². The van der Waals surface area contributed by atoms with Crippen LogP contribution >= 0.6 is 0 Å². The van der Waals surface area contributed by atoms with Gasteiger partial charge >= 0.3 is 5.97 Å². The summed E-state index contributed by atoms with van der Waals surface area (Å²) in [4.78, 5) is 13.1. The van der Waals surface area contributed by atoms with Crippen molar-refractivity contribution < 1.29 is 19.4 Å². The number of carbonyl (C=O) groups is 1. The summed E-state index contributed by atoms with van der Waals surface area (Å²) < 4.78 is 11.7. The van der Waals surface area contributed by atoms with E-state index in [1.165, 1.54) is 0 Å². The number of aryl methyl sites for hydroxylation is 1. The lowest BCUT2D eigenvalue weighted by atomic mass is 9.97. The predicted molar refractivity (Wildman–Crippen MR) is 129 cm³/mol. The van der Waals surface area contributed by atoms with E-state index in [1.807, 2.05) is 98.7 Å². The quantitative estimate of drug-likeness (QED) is 0.401. The number of nitrogens with zero attached hydrogens (tertiary/aromatic N) is 1. The molecule has 0 saturated carbocycles. The Hall–Kier alpha value is -3.64. The second-order valence-corrected chi connectivity index (χ2v) is 8.16. The molecule has 0 spiro atoms. The van der Waals surface area contributed by atoms with Crippen molar-refractivity contribution in [1.82, 2.24) is 4.90 Å². The van der Waals surface area contributed by atoms with E-state index in [1.54, 1.807) is 0 Å². The molecule has 0 fully saturated rings. The molecule has 0 saturated heterocycles. The maximum Gasteiger partial charge on any atom is 0.305 e. The SMILES string of the molecule is Cc1cc(OCc2ccc(OCC(=N)c3ccccc3)cc2)ccc1C(CC(=O)O)N(C)C. The summed E-state index contributed by atoms with van der Waals surface area (Å²) in [6, 6.07) is 22.7. The highest BCUT2D eigenvalue weighted by molar-refractivity contribution is 5.99. The smallest absolute Gasteiger partial charge is 0.305 e. The molecular formula is C27H30N2O4. The molecule has 0 aliphatic carbocycles. The number of carboxylic acid groups (broad SMARTS) is 1. The molecule has 33 heavy (non-hydrogen) atoms. The largest absolute Gasteiger partial charge is 0.489 e. The van der Waals surface area contributed by atoms with Crippen LogP contribution in [0.2, 0.25) is 0 Å². The fraction of sp³-hybridized carbons (Fsp3) is 0.259. The third-order valence-electron chi connectivity index (χ3n) is 5.43. The van der Waals surface area contributed by atoms with E-state index >= 15 is 0 Å². The minimum atomic E-state index is -0.822. The van der Waals surface area contributed by atoms with E-state index in [4.69, 9.17) is 14.9 Å². The Morgan fingerprint density at radius 1 is 0.970 bits per heavy atom. The maximum atomic E-state index is 11.2. The number of benzene rings is 3. The molecule has 172 valence electrons. The van der Waals surface area contributed by atoms with Crippen molar-refractivity contribution in [1.29, 1.82) is 5.41 Å². The molecular weight excluding hydrogens is 416 g/mol. The fourth-order valence-corrected chi connectivity index (χ4v) is 3.57. The molecule has 0 radical (unpaired) electrons. The van der Waals surface area contributed by atoms with Gasteiger partial charge in [0.15, 0.2) is 0 Å². The Balaban J connectivity index is 1.55. The summed E-state index contributed by atoms with van der Waals surface area (Å²) in [7, 11) is 3.77. The zero-order valence-corrected chi connectivity index (χ0v) is 19.2. The van der Waals surface area contributed by atoms with E-state index in [9.17, 15) is 9.90 Å². The topological polar surface area (TPSA) is 82.8 Å². The second-order valence-electron chi connectivity index (χ2n) is 8.16.